The first-order valence-corrected chi connectivity index (χ1v) is 11.2. The van der Waals surface area contributed by atoms with Crippen molar-refractivity contribution in [3.05, 3.63) is 112 Å². The Hall–Kier alpha value is -3.88. The second-order valence-corrected chi connectivity index (χ2v) is 8.47. The third-order valence-electron chi connectivity index (χ3n) is 5.29. The lowest BCUT2D eigenvalue weighted by Gasteiger charge is -2.13. The number of benzene rings is 4. The molecule has 0 aliphatic rings. The average molecular weight is 497 g/mol. The zero-order chi connectivity index (χ0) is 23.2. The van der Waals surface area contributed by atoms with Crippen LogP contribution in [-0.2, 0) is 11.4 Å². The number of ether oxygens (including phenoxy) is 1. The van der Waals surface area contributed by atoms with Gasteiger partial charge in [-0.3, -0.25) is 4.79 Å². The minimum absolute atomic E-state index is 0.00287. The Bertz CT molecular complexity index is 1390. The van der Waals surface area contributed by atoms with Crippen molar-refractivity contribution < 1.29 is 9.53 Å². The first-order valence-electron chi connectivity index (χ1n) is 10.4. The molecule has 1 N–H and O–H groups in total. The molecule has 4 nitrogen and oxygen atoms in total. The molecule has 5 heteroatoms. The van der Waals surface area contributed by atoms with E-state index in [0.717, 1.165) is 26.4 Å². The van der Waals surface area contributed by atoms with Crippen LogP contribution in [0, 0.1) is 18.3 Å². The lowest BCUT2D eigenvalue weighted by molar-refractivity contribution is -0.112. The normalized spacial score (nSPS) is 11.1. The summed E-state index contributed by atoms with van der Waals surface area (Å²) in [5.74, 6) is 0.145. The molecular weight excluding hydrogens is 476 g/mol. The van der Waals surface area contributed by atoms with Crippen molar-refractivity contribution in [2.75, 3.05) is 5.32 Å². The van der Waals surface area contributed by atoms with E-state index in [-0.39, 0.29) is 5.57 Å². The number of carbonyl (C=O) groups excluding carboxylic acids is 1. The molecule has 0 saturated carbocycles. The Balaban J connectivity index is 1.70. The van der Waals surface area contributed by atoms with E-state index in [4.69, 9.17) is 4.74 Å². The van der Waals surface area contributed by atoms with E-state index in [2.05, 4.69) is 27.3 Å². The third kappa shape index (κ3) is 5.31. The summed E-state index contributed by atoms with van der Waals surface area (Å²) in [7, 11) is 0. The fourth-order valence-corrected chi connectivity index (χ4v) is 3.75. The van der Waals surface area contributed by atoms with Crippen molar-refractivity contribution >= 4 is 44.4 Å². The van der Waals surface area contributed by atoms with E-state index >= 15 is 0 Å². The summed E-state index contributed by atoms with van der Waals surface area (Å²) < 4.78 is 7.13. The summed E-state index contributed by atoms with van der Waals surface area (Å²) in [5, 5.41) is 14.5. The molecule has 0 fully saturated rings. The number of rotatable bonds is 6. The van der Waals surface area contributed by atoms with E-state index < -0.39 is 5.91 Å². The highest BCUT2D eigenvalue weighted by Gasteiger charge is 2.14. The quantitative estimate of drug-likeness (QED) is 0.230. The molecule has 0 saturated heterocycles. The van der Waals surface area contributed by atoms with Gasteiger partial charge >= 0.3 is 0 Å². The lowest BCUT2D eigenvalue weighted by atomic mass is 10.0. The van der Waals surface area contributed by atoms with Crippen molar-refractivity contribution in [3.8, 4) is 11.8 Å². The molecule has 4 aromatic carbocycles. The van der Waals surface area contributed by atoms with Crippen molar-refractivity contribution in [1.29, 1.82) is 5.26 Å². The smallest absolute Gasteiger partial charge is 0.266 e. The molecule has 0 bridgehead atoms. The molecule has 162 valence electrons. The fraction of sp³-hybridized carbons (Fsp3) is 0.0714. The molecule has 0 aliphatic heterocycles. The summed E-state index contributed by atoms with van der Waals surface area (Å²) in [6.45, 7) is 2.27. The SMILES string of the molecule is Cc1ccccc1NC(=O)/C(C#N)=C/c1c(OCc2ccc(Br)cc2)ccc2ccccc12. The predicted octanol–water partition coefficient (Wildman–Crippen LogP) is 7.04. The highest BCUT2D eigenvalue weighted by molar-refractivity contribution is 9.10. The summed E-state index contributed by atoms with van der Waals surface area (Å²) >= 11 is 3.44. The van der Waals surface area contributed by atoms with Crippen LogP contribution in [0.1, 0.15) is 16.7 Å². The number of hydrogen-bond donors (Lipinski definition) is 1. The van der Waals surface area contributed by atoms with Crippen molar-refractivity contribution in [3.63, 3.8) is 0 Å². The first-order chi connectivity index (χ1) is 16.0. The summed E-state index contributed by atoms with van der Waals surface area (Å²) in [5.41, 5.74) is 3.31. The Morgan fingerprint density at radius 3 is 2.48 bits per heavy atom. The number of amides is 1. The van der Waals surface area contributed by atoms with Crippen LogP contribution in [-0.4, -0.2) is 5.91 Å². The summed E-state index contributed by atoms with van der Waals surface area (Å²) in [4.78, 5) is 12.9. The van der Waals surface area contributed by atoms with Gasteiger partial charge in [0.25, 0.3) is 5.91 Å². The zero-order valence-corrected chi connectivity index (χ0v) is 19.6. The van der Waals surface area contributed by atoms with Crippen LogP contribution in [0.3, 0.4) is 0 Å². The molecule has 0 radical (unpaired) electrons. The maximum absolute atomic E-state index is 12.9. The largest absolute Gasteiger partial charge is 0.488 e. The van der Waals surface area contributed by atoms with Crippen LogP contribution in [0.25, 0.3) is 16.8 Å². The molecule has 33 heavy (non-hydrogen) atoms. The molecule has 0 aliphatic carbocycles. The molecule has 4 aromatic rings. The minimum Gasteiger partial charge on any atom is -0.488 e. The molecule has 0 unspecified atom stereocenters. The predicted molar refractivity (Wildman–Crippen MR) is 136 cm³/mol. The second-order valence-electron chi connectivity index (χ2n) is 7.55. The molecular formula is C28H21BrN2O2. The maximum atomic E-state index is 12.9. The summed E-state index contributed by atoms with van der Waals surface area (Å²) in [6.07, 6.45) is 1.60. The molecule has 0 atom stereocenters. The van der Waals surface area contributed by atoms with Gasteiger partial charge in [0.2, 0.25) is 0 Å². The second kappa shape index (κ2) is 10.2. The van der Waals surface area contributed by atoms with Crippen molar-refractivity contribution in [2.24, 2.45) is 0 Å². The number of nitriles is 1. The van der Waals surface area contributed by atoms with Crippen LogP contribution in [0.4, 0.5) is 5.69 Å². The van der Waals surface area contributed by atoms with E-state index in [1.54, 1.807) is 6.08 Å². The van der Waals surface area contributed by atoms with E-state index in [9.17, 15) is 10.1 Å². The molecule has 4 rings (SSSR count). The van der Waals surface area contributed by atoms with Gasteiger partial charge < -0.3 is 10.1 Å². The van der Waals surface area contributed by atoms with Crippen LogP contribution in [0.5, 0.6) is 5.75 Å². The topological polar surface area (TPSA) is 62.1 Å². The zero-order valence-electron chi connectivity index (χ0n) is 18.0. The van der Waals surface area contributed by atoms with E-state index in [0.29, 0.717) is 23.6 Å². The number of carbonyl (C=O) groups is 1. The fourth-order valence-electron chi connectivity index (χ4n) is 3.49. The van der Waals surface area contributed by atoms with Gasteiger partial charge in [-0.05, 0) is 59.2 Å². The number of fused-ring (bicyclic) bond motifs is 1. The van der Waals surface area contributed by atoms with Gasteiger partial charge in [0.05, 0.1) is 0 Å². The molecule has 0 heterocycles. The van der Waals surface area contributed by atoms with Crippen LogP contribution in [0.2, 0.25) is 0 Å². The summed E-state index contributed by atoms with van der Waals surface area (Å²) in [6, 6.07) is 29.1. The first kappa shape index (κ1) is 22.3. The highest BCUT2D eigenvalue weighted by atomic mass is 79.9. The van der Waals surface area contributed by atoms with Crippen LogP contribution >= 0.6 is 15.9 Å². The number of hydrogen-bond acceptors (Lipinski definition) is 3. The highest BCUT2D eigenvalue weighted by Crippen LogP contribution is 2.31. The lowest BCUT2D eigenvalue weighted by Crippen LogP contribution is -2.14. The minimum atomic E-state index is -0.460. The number of nitrogens with zero attached hydrogens (tertiary/aromatic N) is 1. The van der Waals surface area contributed by atoms with Gasteiger partial charge in [-0.2, -0.15) is 5.26 Å². The number of aryl methyl sites for hydroxylation is 1. The van der Waals surface area contributed by atoms with Crippen LogP contribution < -0.4 is 10.1 Å². The van der Waals surface area contributed by atoms with E-state index in [1.807, 2.05) is 91.9 Å². The monoisotopic (exact) mass is 496 g/mol. The van der Waals surface area contributed by atoms with Gasteiger partial charge in [0.15, 0.2) is 0 Å². The number of para-hydroxylation sites is 1. The Labute approximate surface area is 201 Å². The van der Waals surface area contributed by atoms with Crippen molar-refractivity contribution in [2.45, 2.75) is 13.5 Å². The number of anilines is 1. The molecule has 0 aromatic heterocycles. The Morgan fingerprint density at radius 2 is 1.73 bits per heavy atom. The van der Waals surface area contributed by atoms with Gasteiger partial charge in [-0.15, -0.1) is 0 Å². The molecule has 1 amide bonds. The Kier molecular flexibility index (Phi) is 6.87. The number of nitrogens with one attached hydrogen (secondary N) is 1. The third-order valence-corrected chi connectivity index (χ3v) is 5.81. The molecule has 0 spiro atoms. The average Bonchev–Trinajstić information content (AvgIpc) is 2.84. The van der Waals surface area contributed by atoms with Gasteiger partial charge in [0, 0.05) is 15.7 Å². The van der Waals surface area contributed by atoms with Gasteiger partial charge in [-0.1, -0.05) is 76.6 Å². The Morgan fingerprint density at radius 1 is 1.00 bits per heavy atom. The van der Waals surface area contributed by atoms with Gasteiger partial charge in [-0.25, -0.2) is 0 Å². The standard InChI is InChI=1S/C28H21BrN2O2/c1-19-6-2-5-9-26(19)31-28(32)22(17-30)16-25-24-8-4-3-7-21(24)12-15-27(25)33-18-20-10-13-23(29)14-11-20/h2-16H,18H2,1H3,(H,31,32)/b22-16+. The van der Waals surface area contributed by atoms with Gasteiger partial charge in [0.1, 0.15) is 24.0 Å². The maximum Gasteiger partial charge on any atom is 0.266 e. The van der Waals surface area contributed by atoms with Crippen molar-refractivity contribution in [1.82, 2.24) is 0 Å². The van der Waals surface area contributed by atoms with E-state index in [1.165, 1.54) is 0 Å². The number of halogens is 1. The van der Waals surface area contributed by atoms with Crippen LogP contribution in [0.15, 0.2) is 95.0 Å².